The van der Waals surface area contributed by atoms with Crippen molar-refractivity contribution in [2.75, 3.05) is 18.5 Å². The highest BCUT2D eigenvalue weighted by molar-refractivity contribution is 7.14. The summed E-state index contributed by atoms with van der Waals surface area (Å²) in [5.74, 6) is 0.0200. The standard InChI is InChI=1S/C20H27N3O2S.ClH/c1-2-3-4-14-5-7-15(8-6-14)17-13-26-20(22-17)23-19(24)18(21)16-9-11-25-12-10-16;/h5-8,13,16,18H,2-4,9-12,21H2,1H3,(H,22,23,24);1H. The van der Waals surface area contributed by atoms with Crippen molar-refractivity contribution in [3.8, 4) is 11.3 Å². The number of nitrogens with zero attached hydrogens (tertiary/aromatic N) is 1. The van der Waals surface area contributed by atoms with Gasteiger partial charge >= 0.3 is 0 Å². The summed E-state index contributed by atoms with van der Waals surface area (Å²) < 4.78 is 5.33. The molecule has 1 amide bonds. The van der Waals surface area contributed by atoms with Crippen LogP contribution in [0.2, 0.25) is 0 Å². The van der Waals surface area contributed by atoms with E-state index in [1.54, 1.807) is 0 Å². The quantitative estimate of drug-likeness (QED) is 0.715. The van der Waals surface area contributed by atoms with E-state index in [9.17, 15) is 4.79 Å². The third kappa shape index (κ3) is 6.01. The highest BCUT2D eigenvalue weighted by Crippen LogP contribution is 2.26. The Morgan fingerprint density at radius 1 is 1.33 bits per heavy atom. The molecule has 1 aromatic heterocycles. The zero-order valence-corrected chi connectivity index (χ0v) is 17.3. The van der Waals surface area contributed by atoms with Crippen molar-refractivity contribution in [2.24, 2.45) is 11.7 Å². The number of aryl methyl sites for hydroxylation is 1. The summed E-state index contributed by atoms with van der Waals surface area (Å²) in [4.78, 5) is 16.9. The van der Waals surface area contributed by atoms with Gasteiger partial charge in [0.15, 0.2) is 5.13 Å². The van der Waals surface area contributed by atoms with E-state index >= 15 is 0 Å². The van der Waals surface area contributed by atoms with E-state index in [1.165, 1.54) is 29.7 Å². The second kappa shape index (κ2) is 10.8. The van der Waals surface area contributed by atoms with Crippen LogP contribution >= 0.6 is 23.7 Å². The number of halogens is 1. The van der Waals surface area contributed by atoms with Crippen molar-refractivity contribution < 1.29 is 9.53 Å². The largest absolute Gasteiger partial charge is 0.381 e. The van der Waals surface area contributed by atoms with Crippen molar-refractivity contribution in [3.05, 3.63) is 35.2 Å². The minimum Gasteiger partial charge on any atom is -0.381 e. The van der Waals surface area contributed by atoms with Crippen LogP contribution in [-0.4, -0.2) is 30.1 Å². The van der Waals surface area contributed by atoms with E-state index in [2.05, 4.69) is 41.5 Å². The Kier molecular flexibility index (Phi) is 8.70. The fraction of sp³-hybridized carbons (Fsp3) is 0.500. The van der Waals surface area contributed by atoms with E-state index in [0.29, 0.717) is 18.3 Å². The summed E-state index contributed by atoms with van der Waals surface area (Å²) in [6.45, 7) is 3.57. The number of rotatable bonds is 7. The molecule has 3 rings (SSSR count). The third-order valence-corrected chi connectivity index (χ3v) is 5.64. The Morgan fingerprint density at radius 2 is 2.04 bits per heavy atom. The van der Waals surface area contributed by atoms with E-state index in [1.807, 2.05) is 5.38 Å². The van der Waals surface area contributed by atoms with Gasteiger partial charge in [-0.3, -0.25) is 4.79 Å². The summed E-state index contributed by atoms with van der Waals surface area (Å²) in [5.41, 5.74) is 9.42. The molecular weight excluding hydrogens is 382 g/mol. The lowest BCUT2D eigenvalue weighted by Gasteiger charge is -2.26. The monoisotopic (exact) mass is 409 g/mol. The van der Waals surface area contributed by atoms with Gasteiger partial charge in [-0.25, -0.2) is 4.98 Å². The summed E-state index contributed by atoms with van der Waals surface area (Å²) in [6, 6.07) is 8.00. The zero-order valence-electron chi connectivity index (χ0n) is 15.6. The molecule has 5 nitrogen and oxygen atoms in total. The van der Waals surface area contributed by atoms with Crippen molar-refractivity contribution >= 4 is 34.8 Å². The Bertz CT molecular complexity index is 714. The molecule has 1 unspecified atom stereocenters. The summed E-state index contributed by atoms with van der Waals surface area (Å²) >= 11 is 1.43. The maximum absolute atomic E-state index is 12.4. The molecule has 2 aromatic rings. The molecule has 3 N–H and O–H groups in total. The van der Waals surface area contributed by atoms with E-state index in [0.717, 1.165) is 30.5 Å². The molecule has 0 spiro atoms. The second-order valence-electron chi connectivity index (χ2n) is 6.80. The molecule has 0 aliphatic carbocycles. The van der Waals surface area contributed by atoms with E-state index in [4.69, 9.17) is 10.5 Å². The topological polar surface area (TPSA) is 77.2 Å². The number of hydrogen-bond donors (Lipinski definition) is 2. The first-order valence-corrected chi connectivity index (χ1v) is 10.2. The number of aromatic nitrogens is 1. The van der Waals surface area contributed by atoms with Gasteiger partial charge in [-0.2, -0.15) is 0 Å². The van der Waals surface area contributed by atoms with Gasteiger partial charge in [0.1, 0.15) is 0 Å². The molecule has 27 heavy (non-hydrogen) atoms. The van der Waals surface area contributed by atoms with Crippen LogP contribution in [0.1, 0.15) is 38.2 Å². The Morgan fingerprint density at radius 3 is 2.70 bits per heavy atom. The third-order valence-electron chi connectivity index (χ3n) is 4.88. The number of nitrogens with two attached hydrogens (primary N) is 1. The molecule has 1 saturated heterocycles. The van der Waals surface area contributed by atoms with E-state index < -0.39 is 6.04 Å². The maximum Gasteiger partial charge on any atom is 0.243 e. The van der Waals surface area contributed by atoms with Gasteiger partial charge in [-0.05, 0) is 37.2 Å². The smallest absolute Gasteiger partial charge is 0.243 e. The predicted molar refractivity (Wildman–Crippen MR) is 114 cm³/mol. The Hall–Kier alpha value is -1.47. The molecule has 0 radical (unpaired) electrons. The van der Waals surface area contributed by atoms with Crippen molar-refractivity contribution in [1.82, 2.24) is 4.98 Å². The molecule has 0 bridgehead atoms. The molecule has 148 valence electrons. The van der Waals surface area contributed by atoms with Crippen LogP contribution in [0.5, 0.6) is 0 Å². The molecule has 1 atom stereocenters. The summed E-state index contributed by atoms with van der Waals surface area (Å²) in [5, 5.41) is 5.44. The van der Waals surface area contributed by atoms with Crippen LogP contribution < -0.4 is 11.1 Å². The highest BCUT2D eigenvalue weighted by atomic mass is 35.5. The first-order valence-electron chi connectivity index (χ1n) is 9.36. The summed E-state index contributed by atoms with van der Waals surface area (Å²) in [6.07, 6.45) is 5.19. The number of carbonyl (C=O) groups is 1. The fourth-order valence-electron chi connectivity index (χ4n) is 3.16. The number of nitrogens with one attached hydrogen (secondary N) is 1. The van der Waals surface area contributed by atoms with Gasteiger partial charge in [0.2, 0.25) is 5.91 Å². The first kappa shape index (κ1) is 21.8. The number of unbranched alkanes of at least 4 members (excludes halogenated alkanes) is 1. The van der Waals surface area contributed by atoms with Gasteiger partial charge in [-0.1, -0.05) is 37.6 Å². The van der Waals surface area contributed by atoms with Gasteiger partial charge < -0.3 is 15.8 Å². The highest BCUT2D eigenvalue weighted by Gasteiger charge is 2.27. The van der Waals surface area contributed by atoms with Crippen LogP contribution in [-0.2, 0) is 16.0 Å². The number of ether oxygens (including phenoxy) is 1. The van der Waals surface area contributed by atoms with Crippen molar-refractivity contribution in [2.45, 2.75) is 45.1 Å². The van der Waals surface area contributed by atoms with Crippen molar-refractivity contribution in [3.63, 3.8) is 0 Å². The van der Waals surface area contributed by atoms with Crippen LogP contribution in [0.4, 0.5) is 5.13 Å². The van der Waals surface area contributed by atoms with Crippen LogP contribution in [0.15, 0.2) is 29.6 Å². The van der Waals surface area contributed by atoms with Crippen LogP contribution in [0.3, 0.4) is 0 Å². The maximum atomic E-state index is 12.4. The van der Waals surface area contributed by atoms with Crippen LogP contribution in [0, 0.1) is 5.92 Å². The van der Waals surface area contributed by atoms with Gasteiger partial charge in [0.25, 0.3) is 0 Å². The average Bonchev–Trinajstić information content (AvgIpc) is 3.15. The van der Waals surface area contributed by atoms with Crippen LogP contribution in [0.25, 0.3) is 11.3 Å². The number of carbonyl (C=O) groups excluding carboxylic acids is 1. The minimum atomic E-state index is -0.510. The molecule has 1 aliphatic heterocycles. The zero-order chi connectivity index (χ0) is 18.4. The molecule has 2 heterocycles. The molecule has 1 fully saturated rings. The minimum absolute atomic E-state index is 0. The number of thiazole rings is 1. The van der Waals surface area contributed by atoms with Gasteiger partial charge in [-0.15, -0.1) is 23.7 Å². The Balaban J connectivity index is 0.00000261. The van der Waals surface area contributed by atoms with E-state index in [-0.39, 0.29) is 24.2 Å². The lowest BCUT2D eigenvalue weighted by molar-refractivity contribution is -0.119. The number of anilines is 1. The molecule has 7 heteroatoms. The molecular formula is C20H28ClN3O2S. The van der Waals surface area contributed by atoms with Gasteiger partial charge in [0, 0.05) is 24.2 Å². The SMILES string of the molecule is CCCCc1ccc(-c2csc(NC(=O)C(N)C3CCOCC3)n2)cc1.Cl. The fourth-order valence-corrected chi connectivity index (χ4v) is 3.89. The lowest BCUT2D eigenvalue weighted by atomic mass is 9.92. The molecule has 0 saturated carbocycles. The number of amides is 1. The lowest BCUT2D eigenvalue weighted by Crippen LogP contribution is -2.43. The number of benzene rings is 1. The summed E-state index contributed by atoms with van der Waals surface area (Å²) in [7, 11) is 0. The predicted octanol–water partition coefficient (Wildman–Crippen LogP) is 4.27. The number of hydrogen-bond acceptors (Lipinski definition) is 5. The Labute approximate surface area is 171 Å². The second-order valence-corrected chi connectivity index (χ2v) is 7.66. The van der Waals surface area contributed by atoms with Gasteiger partial charge in [0.05, 0.1) is 11.7 Å². The average molecular weight is 410 g/mol. The normalized spacial score (nSPS) is 15.8. The molecule has 1 aromatic carbocycles. The first-order chi connectivity index (χ1) is 12.7. The van der Waals surface area contributed by atoms with Crippen molar-refractivity contribution in [1.29, 1.82) is 0 Å². The molecule has 1 aliphatic rings.